The molecule has 1 amide bonds. The fourth-order valence-electron chi connectivity index (χ4n) is 1.91. The molecule has 3 heteroatoms. The highest BCUT2D eigenvalue weighted by atomic mass is 35.5. The smallest absolute Gasteiger partial charge is 0.225 e. The quantitative estimate of drug-likeness (QED) is 0.791. The van der Waals surface area contributed by atoms with Crippen LogP contribution in [0, 0.1) is 5.92 Å². The van der Waals surface area contributed by atoms with Crippen LogP contribution in [0.4, 0.5) is 0 Å². The molecule has 1 aliphatic rings. The van der Waals surface area contributed by atoms with Crippen LogP contribution in [0.2, 0.25) is 5.02 Å². The molecule has 2 rings (SSSR count). The Hall–Kier alpha value is -1.02. The van der Waals surface area contributed by atoms with Gasteiger partial charge in [-0.25, -0.2) is 0 Å². The first-order chi connectivity index (χ1) is 7.66. The molecule has 0 saturated heterocycles. The minimum atomic E-state index is 0.275. The molecule has 0 atom stereocenters. The molecule has 0 aliphatic heterocycles. The van der Waals surface area contributed by atoms with Gasteiger partial charge >= 0.3 is 0 Å². The Morgan fingerprint density at radius 2 is 2.00 bits per heavy atom. The van der Waals surface area contributed by atoms with Crippen LogP contribution in [0.15, 0.2) is 24.3 Å². The van der Waals surface area contributed by atoms with Gasteiger partial charge in [0.2, 0.25) is 5.91 Å². The number of benzene rings is 1. The third-order valence-electron chi connectivity index (χ3n) is 3.16. The third-order valence-corrected chi connectivity index (χ3v) is 3.42. The SMILES string of the molecule is CN(Cc1ccc(Cl)cc1)C(=O)C1CCC1. The van der Waals surface area contributed by atoms with Crippen molar-refractivity contribution >= 4 is 17.5 Å². The van der Waals surface area contributed by atoms with Crippen molar-refractivity contribution in [3.8, 4) is 0 Å². The van der Waals surface area contributed by atoms with Crippen molar-refractivity contribution in [2.24, 2.45) is 5.92 Å². The predicted molar refractivity (Wildman–Crippen MR) is 65.3 cm³/mol. The van der Waals surface area contributed by atoms with Gasteiger partial charge in [-0.05, 0) is 30.5 Å². The number of carbonyl (C=O) groups is 1. The Labute approximate surface area is 101 Å². The molecule has 0 radical (unpaired) electrons. The number of rotatable bonds is 3. The van der Waals surface area contributed by atoms with Crippen molar-refractivity contribution in [1.29, 1.82) is 0 Å². The van der Waals surface area contributed by atoms with Gasteiger partial charge in [0.05, 0.1) is 0 Å². The zero-order chi connectivity index (χ0) is 11.5. The number of hydrogen-bond donors (Lipinski definition) is 0. The van der Waals surface area contributed by atoms with Gasteiger partial charge in [0.1, 0.15) is 0 Å². The van der Waals surface area contributed by atoms with Gasteiger partial charge in [-0.2, -0.15) is 0 Å². The second-order valence-corrected chi connectivity index (χ2v) is 4.89. The molecule has 1 fully saturated rings. The van der Waals surface area contributed by atoms with Crippen LogP contribution < -0.4 is 0 Å². The summed E-state index contributed by atoms with van der Waals surface area (Å²) < 4.78 is 0. The van der Waals surface area contributed by atoms with E-state index in [1.54, 1.807) is 0 Å². The van der Waals surface area contributed by atoms with E-state index in [1.807, 2.05) is 36.2 Å². The lowest BCUT2D eigenvalue weighted by Gasteiger charge is -2.29. The first-order valence-corrected chi connectivity index (χ1v) is 6.04. The molecule has 1 aromatic rings. The molecule has 1 aliphatic carbocycles. The molecule has 86 valence electrons. The maximum absolute atomic E-state index is 11.9. The van der Waals surface area contributed by atoms with Gasteiger partial charge in [-0.1, -0.05) is 30.2 Å². The Morgan fingerprint density at radius 3 is 2.50 bits per heavy atom. The molecule has 0 aromatic heterocycles. The molecular weight excluding hydrogens is 222 g/mol. The second-order valence-electron chi connectivity index (χ2n) is 4.45. The Bertz CT molecular complexity index is 370. The van der Waals surface area contributed by atoms with Crippen LogP contribution in [0.25, 0.3) is 0 Å². The van der Waals surface area contributed by atoms with Crippen LogP contribution in [0.1, 0.15) is 24.8 Å². The number of amides is 1. The van der Waals surface area contributed by atoms with E-state index in [4.69, 9.17) is 11.6 Å². The highest BCUT2D eigenvalue weighted by Gasteiger charge is 2.27. The monoisotopic (exact) mass is 237 g/mol. The Kier molecular flexibility index (Phi) is 3.49. The van der Waals surface area contributed by atoms with Crippen molar-refractivity contribution in [2.45, 2.75) is 25.8 Å². The molecule has 0 spiro atoms. The lowest BCUT2D eigenvalue weighted by Crippen LogP contribution is -2.35. The fraction of sp³-hybridized carbons (Fsp3) is 0.462. The summed E-state index contributed by atoms with van der Waals surface area (Å²) in [7, 11) is 1.87. The van der Waals surface area contributed by atoms with Crippen LogP contribution in [-0.2, 0) is 11.3 Å². The Balaban J connectivity index is 1.93. The standard InChI is InChI=1S/C13H16ClNO/c1-15(13(16)11-3-2-4-11)9-10-5-7-12(14)8-6-10/h5-8,11H,2-4,9H2,1H3. The first-order valence-electron chi connectivity index (χ1n) is 5.66. The summed E-state index contributed by atoms with van der Waals surface area (Å²) in [6.07, 6.45) is 3.32. The summed E-state index contributed by atoms with van der Waals surface area (Å²) >= 11 is 5.81. The second kappa shape index (κ2) is 4.88. The highest BCUT2D eigenvalue weighted by molar-refractivity contribution is 6.30. The van der Waals surface area contributed by atoms with E-state index in [-0.39, 0.29) is 11.8 Å². The molecule has 0 heterocycles. The van der Waals surface area contributed by atoms with Crippen LogP contribution in [0.3, 0.4) is 0 Å². The van der Waals surface area contributed by atoms with E-state index in [2.05, 4.69) is 0 Å². The van der Waals surface area contributed by atoms with Crippen LogP contribution in [0.5, 0.6) is 0 Å². The summed E-state index contributed by atoms with van der Waals surface area (Å²) in [6, 6.07) is 7.65. The van der Waals surface area contributed by atoms with Gasteiger partial charge < -0.3 is 4.90 Å². The van der Waals surface area contributed by atoms with Crippen molar-refractivity contribution in [2.75, 3.05) is 7.05 Å². The minimum absolute atomic E-state index is 0.275. The molecule has 0 N–H and O–H groups in total. The van der Waals surface area contributed by atoms with Gasteiger partial charge in [0.15, 0.2) is 0 Å². The van der Waals surface area contributed by atoms with E-state index in [0.717, 1.165) is 23.4 Å². The molecule has 16 heavy (non-hydrogen) atoms. The topological polar surface area (TPSA) is 20.3 Å². The number of halogens is 1. The maximum Gasteiger partial charge on any atom is 0.225 e. The number of nitrogens with zero attached hydrogens (tertiary/aromatic N) is 1. The molecule has 1 saturated carbocycles. The van der Waals surface area contributed by atoms with E-state index in [1.165, 1.54) is 6.42 Å². The Morgan fingerprint density at radius 1 is 1.38 bits per heavy atom. The maximum atomic E-state index is 11.9. The zero-order valence-corrected chi connectivity index (χ0v) is 10.2. The highest BCUT2D eigenvalue weighted by Crippen LogP contribution is 2.28. The van der Waals surface area contributed by atoms with Gasteiger partial charge in [-0.15, -0.1) is 0 Å². The van der Waals surface area contributed by atoms with E-state index < -0.39 is 0 Å². The summed E-state index contributed by atoms with van der Waals surface area (Å²) in [4.78, 5) is 13.7. The number of carbonyl (C=O) groups excluding carboxylic acids is 1. The molecule has 0 unspecified atom stereocenters. The van der Waals surface area contributed by atoms with Crippen molar-refractivity contribution in [3.05, 3.63) is 34.9 Å². The third kappa shape index (κ3) is 2.56. The lowest BCUT2D eigenvalue weighted by molar-refractivity contribution is -0.137. The van der Waals surface area contributed by atoms with Crippen LogP contribution in [-0.4, -0.2) is 17.9 Å². The summed E-state index contributed by atoms with van der Waals surface area (Å²) in [5.74, 6) is 0.554. The molecule has 1 aromatic carbocycles. The first kappa shape index (κ1) is 11.5. The van der Waals surface area contributed by atoms with E-state index >= 15 is 0 Å². The van der Waals surface area contributed by atoms with Gasteiger partial charge in [-0.3, -0.25) is 4.79 Å². The summed E-state index contributed by atoms with van der Waals surface area (Å²) in [6.45, 7) is 0.673. The zero-order valence-electron chi connectivity index (χ0n) is 9.45. The van der Waals surface area contributed by atoms with Crippen molar-refractivity contribution in [3.63, 3.8) is 0 Å². The summed E-state index contributed by atoms with van der Waals surface area (Å²) in [5.41, 5.74) is 1.12. The van der Waals surface area contributed by atoms with Crippen molar-refractivity contribution < 1.29 is 4.79 Å². The normalized spacial score (nSPS) is 15.6. The minimum Gasteiger partial charge on any atom is -0.341 e. The van der Waals surface area contributed by atoms with Crippen molar-refractivity contribution in [1.82, 2.24) is 4.90 Å². The molecule has 0 bridgehead atoms. The van der Waals surface area contributed by atoms with E-state index in [0.29, 0.717) is 6.54 Å². The van der Waals surface area contributed by atoms with Gasteiger partial charge in [0.25, 0.3) is 0 Å². The lowest BCUT2D eigenvalue weighted by atomic mass is 9.84. The average Bonchev–Trinajstić information content (AvgIpc) is 2.19. The average molecular weight is 238 g/mol. The van der Waals surface area contributed by atoms with Crippen LogP contribution >= 0.6 is 11.6 Å². The fourth-order valence-corrected chi connectivity index (χ4v) is 2.03. The largest absolute Gasteiger partial charge is 0.341 e. The predicted octanol–water partition coefficient (Wildman–Crippen LogP) is 3.10. The molecule has 2 nitrogen and oxygen atoms in total. The number of hydrogen-bond acceptors (Lipinski definition) is 1. The van der Waals surface area contributed by atoms with E-state index in [9.17, 15) is 4.79 Å². The summed E-state index contributed by atoms with van der Waals surface area (Å²) in [5, 5.41) is 0.733. The molecular formula is C13H16ClNO. The van der Waals surface area contributed by atoms with Gasteiger partial charge in [0, 0.05) is 24.5 Å².